The van der Waals surface area contributed by atoms with Gasteiger partial charge in [-0.15, -0.1) is 0 Å². The molecule has 0 spiro atoms. The second kappa shape index (κ2) is 2.44. The van der Waals surface area contributed by atoms with Crippen LogP contribution >= 0.6 is 0 Å². The van der Waals surface area contributed by atoms with Crippen LogP contribution in [-0.2, 0) is 0 Å². The maximum absolute atomic E-state index is 12.5. The van der Waals surface area contributed by atoms with Gasteiger partial charge in [0.25, 0.3) is 0 Å². The molecule has 0 amide bonds. The molecule has 0 aliphatic carbocycles. The van der Waals surface area contributed by atoms with Crippen LogP contribution in [0, 0.1) is 5.92 Å². The van der Waals surface area contributed by atoms with Crippen molar-refractivity contribution < 1.29 is 4.39 Å². The summed E-state index contributed by atoms with van der Waals surface area (Å²) >= 11 is 0. The van der Waals surface area contributed by atoms with Crippen LogP contribution in [0.5, 0.6) is 0 Å². The number of alkyl halides is 1. The van der Waals surface area contributed by atoms with Gasteiger partial charge >= 0.3 is 0 Å². The third kappa shape index (κ3) is 1.19. The summed E-state index contributed by atoms with van der Waals surface area (Å²) in [6.07, 6.45) is 0.137. The monoisotopic (exact) mass is 117 g/mol. The second-order valence-corrected chi connectivity index (χ2v) is 2.49. The van der Waals surface area contributed by atoms with Crippen molar-refractivity contribution in [3.63, 3.8) is 0 Å². The number of hydrogen-bond donors (Lipinski definition) is 1. The number of piperidine rings is 1. The lowest BCUT2D eigenvalue weighted by molar-refractivity contribution is 0.192. The van der Waals surface area contributed by atoms with Gasteiger partial charge in [0.1, 0.15) is 6.17 Å². The van der Waals surface area contributed by atoms with Crippen LogP contribution in [0.2, 0.25) is 0 Å². The van der Waals surface area contributed by atoms with Crippen molar-refractivity contribution in [1.82, 2.24) is 5.32 Å². The summed E-state index contributed by atoms with van der Waals surface area (Å²) in [7, 11) is 0. The van der Waals surface area contributed by atoms with E-state index in [9.17, 15) is 4.39 Å². The number of rotatable bonds is 0. The van der Waals surface area contributed by atoms with Gasteiger partial charge < -0.3 is 5.32 Å². The van der Waals surface area contributed by atoms with Gasteiger partial charge in [-0.05, 0) is 18.9 Å². The normalized spacial score (nSPS) is 39.8. The van der Waals surface area contributed by atoms with Crippen molar-refractivity contribution in [2.45, 2.75) is 19.5 Å². The highest BCUT2D eigenvalue weighted by Gasteiger charge is 2.18. The first-order chi connectivity index (χ1) is 3.80. The summed E-state index contributed by atoms with van der Waals surface area (Å²) in [6, 6.07) is 0. The molecule has 0 radical (unpaired) electrons. The second-order valence-electron chi connectivity index (χ2n) is 2.49. The molecular weight excluding hydrogens is 105 g/mol. The Balaban J connectivity index is 2.28. The fourth-order valence-electron chi connectivity index (χ4n) is 0.982. The Hall–Kier alpha value is -0.110. The van der Waals surface area contributed by atoms with Crippen LogP contribution < -0.4 is 5.32 Å². The summed E-state index contributed by atoms with van der Waals surface area (Å²) in [5.74, 6) is 0.226. The van der Waals surface area contributed by atoms with E-state index in [-0.39, 0.29) is 5.92 Å². The molecule has 2 atom stereocenters. The van der Waals surface area contributed by atoms with Gasteiger partial charge in [0, 0.05) is 6.54 Å². The highest BCUT2D eigenvalue weighted by molar-refractivity contribution is 4.73. The summed E-state index contributed by atoms with van der Waals surface area (Å²) in [4.78, 5) is 0. The van der Waals surface area contributed by atoms with E-state index in [0.717, 1.165) is 13.1 Å². The topological polar surface area (TPSA) is 12.0 Å². The molecule has 1 saturated heterocycles. The van der Waals surface area contributed by atoms with Gasteiger partial charge in [-0.1, -0.05) is 6.92 Å². The van der Waals surface area contributed by atoms with E-state index >= 15 is 0 Å². The van der Waals surface area contributed by atoms with Crippen LogP contribution in [0.25, 0.3) is 0 Å². The molecule has 1 aliphatic heterocycles. The Morgan fingerprint density at radius 3 is 2.75 bits per heavy atom. The molecule has 1 rings (SSSR count). The predicted molar refractivity (Wildman–Crippen MR) is 31.5 cm³/mol. The zero-order chi connectivity index (χ0) is 5.98. The van der Waals surface area contributed by atoms with Crippen LogP contribution in [0.3, 0.4) is 0 Å². The molecular formula is C6H12FN. The number of nitrogens with one attached hydrogen (secondary N) is 1. The average molecular weight is 117 g/mol. The molecule has 48 valence electrons. The zero-order valence-corrected chi connectivity index (χ0v) is 5.15. The SMILES string of the molecule is C[C@@H]1CNCCC1F. The molecule has 1 heterocycles. The van der Waals surface area contributed by atoms with E-state index in [2.05, 4.69) is 5.32 Å². The Morgan fingerprint density at radius 1 is 1.62 bits per heavy atom. The van der Waals surface area contributed by atoms with Gasteiger partial charge in [-0.25, -0.2) is 4.39 Å². The number of halogens is 1. The van der Waals surface area contributed by atoms with Crippen molar-refractivity contribution in [3.05, 3.63) is 0 Å². The molecule has 0 aromatic heterocycles. The van der Waals surface area contributed by atoms with E-state index in [1.165, 1.54) is 0 Å². The minimum atomic E-state index is -0.559. The molecule has 1 fully saturated rings. The first-order valence-corrected chi connectivity index (χ1v) is 3.15. The molecule has 0 aromatic carbocycles. The summed E-state index contributed by atoms with van der Waals surface area (Å²) in [6.45, 7) is 3.64. The van der Waals surface area contributed by atoms with Crippen LogP contribution in [0.15, 0.2) is 0 Å². The first kappa shape index (κ1) is 6.02. The highest BCUT2D eigenvalue weighted by atomic mass is 19.1. The van der Waals surface area contributed by atoms with Crippen molar-refractivity contribution in [3.8, 4) is 0 Å². The third-order valence-corrected chi connectivity index (χ3v) is 1.68. The number of hydrogen-bond acceptors (Lipinski definition) is 1. The molecule has 2 heteroatoms. The first-order valence-electron chi connectivity index (χ1n) is 3.15. The largest absolute Gasteiger partial charge is 0.316 e. The minimum absolute atomic E-state index is 0.226. The van der Waals surface area contributed by atoms with Crippen LogP contribution in [-0.4, -0.2) is 19.3 Å². The average Bonchev–Trinajstić information content (AvgIpc) is 1.77. The van der Waals surface area contributed by atoms with Crippen molar-refractivity contribution in [2.75, 3.05) is 13.1 Å². The molecule has 8 heavy (non-hydrogen) atoms. The molecule has 0 bridgehead atoms. The third-order valence-electron chi connectivity index (χ3n) is 1.68. The minimum Gasteiger partial charge on any atom is -0.316 e. The lowest BCUT2D eigenvalue weighted by atomic mass is 10.0. The Bertz CT molecular complexity index is 64.9. The highest BCUT2D eigenvalue weighted by Crippen LogP contribution is 2.12. The Labute approximate surface area is 49.3 Å². The molecule has 0 aromatic rings. The fourth-order valence-corrected chi connectivity index (χ4v) is 0.982. The zero-order valence-electron chi connectivity index (χ0n) is 5.15. The lowest BCUT2D eigenvalue weighted by Gasteiger charge is -2.22. The fraction of sp³-hybridized carbons (Fsp3) is 1.00. The van der Waals surface area contributed by atoms with Crippen molar-refractivity contribution >= 4 is 0 Å². The van der Waals surface area contributed by atoms with E-state index < -0.39 is 6.17 Å². The van der Waals surface area contributed by atoms with Gasteiger partial charge in [-0.3, -0.25) is 0 Å². The molecule has 1 nitrogen and oxygen atoms in total. The molecule has 1 aliphatic rings. The Morgan fingerprint density at radius 2 is 2.38 bits per heavy atom. The van der Waals surface area contributed by atoms with Crippen molar-refractivity contribution in [2.24, 2.45) is 5.92 Å². The Kier molecular flexibility index (Phi) is 1.84. The quantitative estimate of drug-likeness (QED) is 0.498. The molecule has 0 saturated carbocycles. The van der Waals surface area contributed by atoms with Gasteiger partial charge in [0.05, 0.1) is 0 Å². The standard InChI is InChI=1S/C6H12FN/c1-5-4-8-3-2-6(5)7/h5-6,8H,2-4H2,1H3/t5-,6?/m1/s1. The maximum atomic E-state index is 12.5. The molecule has 1 unspecified atom stereocenters. The van der Waals surface area contributed by atoms with Crippen molar-refractivity contribution in [1.29, 1.82) is 0 Å². The van der Waals surface area contributed by atoms with Gasteiger partial charge in [0.2, 0.25) is 0 Å². The summed E-state index contributed by atoms with van der Waals surface area (Å²) in [5.41, 5.74) is 0. The van der Waals surface area contributed by atoms with Crippen LogP contribution in [0.4, 0.5) is 4.39 Å². The van der Waals surface area contributed by atoms with E-state index in [1.54, 1.807) is 0 Å². The van der Waals surface area contributed by atoms with Gasteiger partial charge in [-0.2, -0.15) is 0 Å². The summed E-state index contributed by atoms with van der Waals surface area (Å²) < 4.78 is 12.5. The lowest BCUT2D eigenvalue weighted by Crippen LogP contribution is -2.35. The summed E-state index contributed by atoms with van der Waals surface area (Å²) in [5, 5.41) is 3.12. The van der Waals surface area contributed by atoms with Gasteiger partial charge in [0.15, 0.2) is 0 Å². The van der Waals surface area contributed by atoms with E-state index in [4.69, 9.17) is 0 Å². The van der Waals surface area contributed by atoms with Crippen LogP contribution in [0.1, 0.15) is 13.3 Å². The molecule has 1 N–H and O–H groups in total. The predicted octanol–water partition coefficient (Wildman–Crippen LogP) is 0.954. The van der Waals surface area contributed by atoms with E-state index in [0.29, 0.717) is 6.42 Å². The smallest absolute Gasteiger partial charge is 0.105 e. The maximum Gasteiger partial charge on any atom is 0.105 e. The van der Waals surface area contributed by atoms with E-state index in [1.807, 2.05) is 6.92 Å².